The standard InChI is InChI=1S/C25H31N3O2/c29-24(17-20-7-2-1-3-8-20)27-25(23-10-4-5-13-26-23)22-11-14-28(15-12-22)18-21-9-6-16-30-19-21/h1-5,7-10,13,22,25H,6,11-12,14-19H2,(H,27,29)/t25-/m0/s1. The average molecular weight is 406 g/mol. The SMILES string of the molecule is O=C(Cc1ccccc1)N[C@H](c1ccccn1)C1CCN(CC2=CCCOC2)CC1. The van der Waals surface area contributed by atoms with Gasteiger partial charge in [-0.3, -0.25) is 14.7 Å². The highest BCUT2D eigenvalue weighted by molar-refractivity contribution is 5.79. The van der Waals surface area contributed by atoms with E-state index in [1.807, 2.05) is 54.7 Å². The molecule has 4 rings (SSSR count). The molecule has 0 bridgehead atoms. The van der Waals surface area contributed by atoms with E-state index >= 15 is 0 Å². The lowest BCUT2D eigenvalue weighted by atomic mass is 9.87. The maximum atomic E-state index is 12.8. The predicted molar refractivity (Wildman–Crippen MR) is 118 cm³/mol. The summed E-state index contributed by atoms with van der Waals surface area (Å²) in [6, 6.07) is 15.8. The van der Waals surface area contributed by atoms with Crippen molar-refractivity contribution in [3.8, 4) is 0 Å². The van der Waals surface area contributed by atoms with Crippen molar-refractivity contribution in [1.82, 2.24) is 15.2 Å². The number of hydrogen-bond donors (Lipinski definition) is 1. The molecule has 0 spiro atoms. The van der Waals surface area contributed by atoms with Crippen LogP contribution >= 0.6 is 0 Å². The number of rotatable bonds is 7. The van der Waals surface area contributed by atoms with Crippen LogP contribution in [-0.4, -0.2) is 48.6 Å². The van der Waals surface area contributed by atoms with E-state index in [2.05, 4.69) is 21.3 Å². The second kappa shape index (κ2) is 10.5. The van der Waals surface area contributed by atoms with Gasteiger partial charge in [-0.15, -0.1) is 0 Å². The third-order valence-electron chi connectivity index (χ3n) is 6.04. The summed E-state index contributed by atoms with van der Waals surface area (Å²) < 4.78 is 5.58. The number of amides is 1. The van der Waals surface area contributed by atoms with Gasteiger partial charge in [0.2, 0.25) is 5.91 Å². The zero-order valence-corrected chi connectivity index (χ0v) is 17.5. The second-order valence-corrected chi connectivity index (χ2v) is 8.28. The molecule has 0 aliphatic carbocycles. The summed E-state index contributed by atoms with van der Waals surface area (Å²) in [6.45, 7) is 4.70. The Morgan fingerprint density at radius 2 is 1.93 bits per heavy atom. The smallest absolute Gasteiger partial charge is 0.224 e. The van der Waals surface area contributed by atoms with E-state index in [4.69, 9.17) is 4.74 Å². The number of likely N-dealkylation sites (tertiary alicyclic amines) is 1. The van der Waals surface area contributed by atoms with E-state index in [1.165, 1.54) is 5.57 Å². The van der Waals surface area contributed by atoms with Gasteiger partial charge >= 0.3 is 0 Å². The molecule has 1 aromatic carbocycles. The lowest BCUT2D eigenvalue weighted by molar-refractivity contribution is -0.121. The van der Waals surface area contributed by atoms with Gasteiger partial charge in [0.15, 0.2) is 0 Å². The van der Waals surface area contributed by atoms with Crippen molar-refractivity contribution in [2.24, 2.45) is 5.92 Å². The zero-order valence-electron chi connectivity index (χ0n) is 17.5. The first kappa shape index (κ1) is 20.8. The summed E-state index contributed by atoms with van der Waals surface area (Å²) in [4.78, 5) is 19.9. The van der Waals surface area contributed by atoms with Crippen LogP contribution in [0.5, 0.6) is 0 Å². The van der Waals surface area contributed by atoms with Gasteiger partial charge in [0.05, 0.1) is 31.4 Å². The van der Waals surface area contributed by atoms with Gasteiger partial charge in [0.1, 0.15) is 0 Å². The normalized spacial score (nSPS) is 19.1. The van der Waals surface area contributed by atoms with Gasteiger partial charge in [-0.2, -0.15) is 0 Å². The van der Waals surface area contributed by atoms with Crippen molar-refractivity contribution in [2.45, 2.75) is 31.7 Å². The molecule has 1 atom stereocenters. The lowest BCUT2D eigenvalue weighted by Gasteiger charge is -2.36. The lowest BCUT2D eigenvalue weighted by Crippen LogP contribution is -2.42. The van der Waals surface area contributed by atoms with Crippen LogP contribution in [0.2, 0.25) is 0 Å². The van der Waals surface area contributed by atoms with Gasteiger partial charge in [0.25, 0.3) is 0 Å². The summed E-state index contributed by atoms with van der Waals surface area (Å²) >= 11 is 0. The highest BCUT2D eigenvalue weighted by Crippen LogP contribution is 2.30. The van der Waals surface area contributed by atoms with Gasteiger partial charge in [-0.25, -0.2) is 0 Å². The predicted octanol–water partition coefficient (Wildman–Crippen LogP) is 3.54. The van der Waals surface area contributed by atoms with Gasteiger partial charge in [-0.05, 0) is 61.5 Å². The highest BCUT2D eigenvalue weighted by atomic mass is 16.5. The summed E-state index contributed by atoms with van der Waals surface area (Å²) in [6.07, 6.45) is 7.69. The Kier molecular flexibility index (Phi) is 7.27. The van der Waals surface area contributed by atoms with Crippen LogP contribution in [0.1, 0.15) is 36.6 Å². The monoisotopic (exact) mass is 405 g/mol. The fourth-order valence-corrected chi connectivity index (χ4v) is 4.45. The first-order valence-corrected chi connectivity index (χ1v) is 11.0. The number of aromatic nitrogens is 1. The molecular formula is C25H31N3O2. The third-order valence-corrected chi connectivity index (χ3v) is 6.04. The Bertz CT molecular complexity index is 830. The Hall–Kier alpha value is -2.50. The van der Waals surface area contributed by atoms with Crippen LogP contribution in [0.4, 0.5) is 0 Å². The quantitative estimate of drug-likeness (QED) is 0.716. The molecule has 3 heterocycles. The number of nitrogens with zero attached hydrogens (tertiary/aromatic N) is 2. The van der Waals surface area contributed by atoms with Crippen molar-refractivity contribution in [1.29, 1.82) is 0 Å². The molecule has 0 radical (unpaired) electrons. The van der Waals surface area contributed by atoms with Crippen molar-refractivity contribution >= 4 is 5.91 Å². The van der Waals surface area contributed by atoms with E-state index in [9.17, 15) is 4.79 Å². The van der Waals surface area contributed by atoms with Gasteiger partial charge < -0.3 is 10.1 Å². The average Bonchev–Trinajstić information content (AvgIpc) is 2.80. The number of nitrogens with one attached hydrogen (secondary N) is 1. The number of ether oxygens (including phenoxy) is 1. The summed E-state index contributed by atoms with van der Waals surface area (Å²) in [5, 5.41) is 3.30. The molecule has 30 heavy (non-hydrogen) atoms. The van der Waals surface area contributed by atoms with E-state index < -0.39 is 0 Å². The minimum atomic E-state index is -0.0400. The molecule has 2 aromatic rings. The zero-order chi connectivity index (χ0) is 20.6. The minimum absolute atomic E-state index is 0.0400. The maximum absolute atomic E-state index is 12.8. The van der Waals surface area contributed by atoms with E-state index in [0.717, 1.165) is 63.4 Å². The topological polar surface area (TPSA) is 54.5 Å². The van der Waals surface area contributed by atoms with Crippen molar-refractivity contribution < 1.29 is 9.53 Å². The molecule has 1 aromatic heterocycles. The number of carbonyl (C=O) groups is 1. The molecule has 158 valence electrons. The van der Waals surface area contributed by atoms with Gasteiger partial charge in [0, 0.05) is 12.7 Å². The Morgan fingerprint density at radius 1 is 1.13 bits per heavy atom. The van der Waals surface area contributed by atoms with E-state index in [0.29, 0.717) is 12.3 Å². The largest absolute Gasteiger partial charge is 0.377 e. The van der Waals surface area contributed by atoms with Crippen LogP contribution in [0.15, 0.2) is 66.4 Å². The Morgan fingerprint density at radius 3 is 2.63 bits per heavy atom. The Balaban J connectivity index is 1.38. The fourth-order valence-electron chi connectivity index (χ4n) is 4.45. The summed E-state index contributed by atoms with van der Waals surface area (Å²) in [7, 11) is 0. The summed E-state index contributed by atoms with van der Waals surface area (Å²) in [5.41, 5.74) is 3.39. The van der Waals surface area contributed by atoms with Crippen LogP contribution < -0.4 is 5.32 Å². The summed E-state index contributed by atoms with van der Waals surface area (Å²) in [5.74, 6) is 0.455. The van der Waals surface area contributed by atoms with Crippen LogP contribution in [0.25, 0.3) is 0 Å². The van der Waals surface area contributed by atoms with Crippen molar-refractivity contribution in [3.05, 3.63) is 77.6 Å². The minimum Gasteiger partial charge on any atom is -0.377 e. The molecule has 5 heteroatoms. The third kappa shape index (κ3) is 5.77. The molecular weight excluding hydrogens is 374 g/mol. The number of pyridine rings is 1. The van der Waals surface area contributed by atoms with Crippen LogP contribution in [0, 0.1) is 5.92 Å². The molecule has 0 unspecified atom stereocenters. The second-order valence-electron chi connectivity index (χ2n) is 8.28. The number of benzene rings is 1. The highest BCUT2D eigenvalue weighted by Gasteiger charge is 2.30. The molecule has 5 nitrogen and oxygen atoms in total. The van der Waals surface area contributed by atoms with Crippen molar-refractivity contribution in [3.63, 3.8) is 0 Å². The molecule has 1 N–H and O–H groups in total. The molecule has 1 fully saturated rings. The van der Waals surface area contributed by atoms with Crippen LogP contribution in [0.3, 0.4) is 0 Å². The number of piperidine rings is 1. The van der Waals surface area contributed by atoms with E-state index in [-0.39, 0.29) is 11.9 Å². The molecule has 0 saturated carbocycles. The van der Waals surface area contributed by atoms with Crippen LogP contribution in [-0.2, 0) is 16.0 Å². The number of hydrogen-bond acceptors (Lipinski definition) is 4. The van der Waals surface area contributed by atoms with Gasteiger partial charge in [-0.1, -0.05) is 42.5 Å². The Labute approximate surface area is 179 Å². The molecule has 1 saturated heterocycles. The maximum Gasteiger partial charge on any atom is 0.224 e. The molecule has 2 aliphatic rings. The fraction of sp³-hybridized carbons (Fsp3) is 0.440. The molecule has 2 aliphatic heterocycles. The number of carbonyl (C=O) groups excluding carboxylic acids is 1. The first-order valence-electron chi connectivity index (χ1n) is 11.0. The molecule has 1 amide bonds. The van der Waals surface area contributed by atoms with E-state index in [1.54, 1.807) is 0 Å². The van der Waals surface area contributed by atoms with Crippen molar-refractivity contribution in [2.75, 3.05) is 32.8 Å². The first-order chi connectivity index (χ1) is 14.8.